The van der Waals surface area contributed by atoms with E-state index in [9.17, 15) is 13.2 Å². The third-order valence-corrected chi connectivity index (χ3v) is 2.09. The normalized spacial score (nSPS) is 15.6. The molecule has 0 aromatic rings. The number of rotatable bonds is 4. The maximum atomic E-state index is 12.1. The predicted octanol–water partition coefficient (Wildman–Crippen LogP) is 2.03. The summed E-state index contributed by atoms with van der Waals surface area (Å²) in [6.07, 6.45) is -6.78. The molecule has 0 aromatic heterocycles. The number of halogens is 3. The van der Waals surface area contributed by atoms with Crippen molar-refractivity contribution in [2.75, 3.05) is 6.54 Å². The van der Waals surface area contributed by atoms with Crippen LogP contribution in [0.4, 0.5) is 13.2 Å². The van der Waals surface area contributed by atoms with Crippen molar-refractivity contribution in [2.24, 2.45) is 0 Å². The second-order valence-electron chi connectivity index (χ2n) is 3.94. The maximum absolute atomic E-state index is 12.1. The van der Waals surface area contributed by atoms with Gasteiger partial charge in [0.2, 0.25) is 0 Å². The standard InChI is InChI=1S/C9H18F3NO/c1-6(2)13(7(3)4)5-8(14)9(10,11)12/h6-8,14H,5H2,1-4H3. The van der Waals surface area contributed by atoms with E-state index < -0.39 is 12.3 Å². The Balaban J connectivity index is 4.31. The van der Waals surface area contributed by atoms with Gasteiger partial charge in [-0.15, -0.1) is 0 Å². The van der Waals surface area contributed by atoms with Gasteiger partial charge < -0.3 is 5.11 Å². The van der Waals surface area contributed by atoms with Gasteiger partial charge >= 0.3 is 6.18 Å². The average molecular weight is 213 g/mol. The summed E-state index contributed by atoms with van der Waals surface area (Å²) >= 11 is 0. The highest BCUT2D eigenvalue weighted by Crippen LogP contribution is 2.21. The summed E-state index contributed by atoms with van der Waals surface area (Å²) < 4.78 is 36.2. The Labute approximate surface area is 82.7 Å². The van der Waals surface area contributed by atoms with Crippen LogP contribution in [0.3, 0.4) is 0 Å². The fourth-order valence-corrected chi connectivity index (χ4v) is 1.32. The lowest BCUT2D eigenvalue weighted by molar-refractivity contribution is -0.210. The Morgan fingerprint density at radius 2 is 1.43 bits per heavy atom. The van der Waals surface area contributed by atoms with E-state index in [-0.39, 0.29) is 18.6 Å². The van der Waals surface area contributed by atoms with Crippen molar-refractivity contribution in [2.45, 2.75) is 52.1 Å². The minimum Gasteiger partial charge on any atom is -0.382 e. The fraction of sp³-hybridized carbons (Fsp3) is 1.00. The quantitative estimate of drug-likeness (QED) is 0.772. The molecule has 0 spiro atoms. The Morgan fingerprint density at radius 1 is 1.07 bits per heavy atom. The predicted molar refractivity (Wildman–Crippen MR) is 49.0 cm³/mol. The summed E-state index contributed by atoms with van der Waals surface area (Å²) in [7, 11) is 0. The van der Waals surface area contributed by atoms with E-state index >= 15 is 0 Å². The molecule has 0 fully saturated rings. The first kappa shape index (κ1) is 13.7. The molecule has 0 aromatic carbocycles. The Kier molecular flexibility index (Phi) is 4.88. The zero-order valence-electron chi connectivity index (χ0n) is 8.97. The Bertz CT molecular complexity index is 160. The Morgan fingerprint density at radius 3 is 1.64 bits per heavy atom. The Hall–Kier alpha value is -0.290. The van der Waals surface area contributed by atoms with Gasteiger partial charge in [-0.3, -0.25) is 4.90 Å². The van der Waals surface area contributed by atoms with Crippen LogP contribution < -0.4 is 0 Å². The van der Waals surface area contributed by atoms with Crippen molar-refractivity contribution in [1.29, 1.82) is 0 Å². The molecule has 0 radical (unpaired) electrons. The molecule has 0 bridgehead atoms. The number of alkyl halides is 3. The van der Waals surface area contributed by atoms with Crippen molar-refractivity contribution in [3.63, 3.8) is 0 Å². The van der Waals surface area contributed by atoms with Crippen LogP contribution in [0.1, 0.15) is 27.7 Å². The summed E-state index contributed by atoms with van der Waals surface area (Å²) in [5, 5.41) is 8.89. The van der Waals surface area contributed by atoms with E-state index in [1.807, 2.05) is 27.7 Å². The van der Waals surface area contributed by atoms with Gasteiger partial charge in [0.05, 0.1) is 0 Å². The van der Waals surface area contributed by atoms with Crippen LogP contribution in [0.2, 0.25) is 0 Å². The van der Waals surface area contributed by atoms with Crippen molar-refractivity contribution < 1.29 is 18.3 Å². The summed E-state index contributed by atoms with van der Waals surface area (Å²) in [5.41, 5.74) is 0. The molecular formula is C9H18F3NO. The van der Waals surface area contributed by atoms with Crippen LogP contribution in [-0.2, 0) is 0 Å². The van der Waals surface area contributed by atoms with Crippen molar-refractivity contribution in [1.82, 2.24) is 4.90 Å². The lowest BCUT2D eigenvalue weighted by Gasteiger charge is -2.32. The highest BCUT2D eigenvalue weighted by atomic mass is 19.4. The van der Waals surface area contributed by atoms with Gasteiger partial charge in [-0.2, -0.15) is 13.2 Å². The summed E-state index contributed by atoms with van der Waals surface area (Å²) in [6.45, 7) is 6.87. The zero-order chi connectivity index (χ0) is 11.5. The molecular weight excluding hydrogens is 195 g/mol. The molecule has 1 atom stereocenters. The molecule has 0 rings (SSSR count). The van der Waals surface area contributed by atoms with Crippen LogP contribution in [0.25, 0.3) is 0 Å². The van der Waals surface area contributed by atoms with Gasteiger partial charge in [0.25, 0.3) is 0 Å². The van der Waals surface area contributed by atoms with E-state index in [1.165, 1.54) is 0 Å². The van der Waals surface area contributed by atoms with Crippen LogP contribution >= 0.6 is 0 Å². The van der Waals surface area contributed by atoms with Crippen LogP contribution in [0, 0.1) is 0 Å². The molecule has 14 heavy (non-hydrogen) atoms. The van der Waals surface area contributed by atoms with Crippen molar-refractivity contribution in [3.05, 3.63) is 0 Å². The zero-order valence-corrected chi connectivity index (χ0v) is 8.97. The van der Waals surface area contributed by atoms with Crippen LogP contribution in [-0.4, -0.2) is 40.9 Å². The van der Waals surface area contributed by atoms with E-state index in [1.54, 1.807) is 4.90 Å². The van der Waals surface area contributed by atoms with Crippen LogP contribution in [0.5, 0.6) is 0 Å². The molecule has 0 amide bonds. The molecule has 1 unspecified atom stereocenters. The van der Waals surface area contributed by atoms with Gasteiger partial charge in [-0.05, 0) is 27.7 Å². The first-order valence-corrected chi connectivity index (χ1v) is 4.66. The number of hydrogen-bond acceptors (Lipinski definition) is 2. The molecule has 2 nitrogen and oxygen atoms in total. The second kappa shape index (κ2) is 4.98. The smallest absolute Gasteiger partial charge is 0.382 e. The molecule has 1 N–H and O–H groups in total. The SMILES string of the molecule is CC(C)N(CC(O)C(F)(F)F)C(C)C. The molecule has 0 saturated heterocycles. The van der Waals surface area contributed by atoms with Gasteiger partial charge in [0, 0.05) is 18.6 Å². The highest BCUT2D eigenvalue weighted by Gasteiger charge is 2.39. The van der Waals surface area contributed by atoms with E-state index in [2.05, 4.69) is 0 Å². The topological polar surface area (TPSA) is 23.5 Å². The lowest BCUT2D eigenvalue weighted by Crippen LogP contribution is -2.46. The molecule has 0 heterocycles. The van der Waals surface area contributed by atoms with E-state index in [4.69, 9.17) is 5.11 Å². The van der Waals surface area contributed by atoms with E-state index in [0.717, 1.165) is 0 Å². The minimum absolute atomic E-state index is 0.00741. The van der Waals surface area contributed by atoms with Gasteiger partial charge in [0.15, 0.2) is 6.10 Å². The van der Waals surface area contributed by atoms with E-state index in [0.29, 0.717) is 0 Å². The van der Waals surface area contributed by atoms with Crippen LogP contribution in [0.15, 0.2) is 0 Å². The average Bonchev–Trinajstić information content (AvgIpc) is 1.96. The summed E-state index contributed by atoms with van der Waals surface area (Å²) in [5.74, 6) is 0. The van der Waals surface area contributed by atoms with Crippen molar-refractivity contribution >= 4 is 0 Å². The molecule has 0 aliphatic rings. The number of aliphatic hydroxyl groups excluding tert-OH is 1. The molecule has 0 saturated carbocycles. The molecule has 5 heteroatoms. The lowest BCUT2D eigenvalue weighted by atomic mass is 10.2. The van der Waals surface area contributed by atoms with Gasteiger partial charge in [0.1, 0.15) is 0 Å². The highest BCUT2D eigenvalue weighted by molar-refractivity contribution is 4.75. The molecule has 86 valence electrons. The number of aliphatic hydroxyl groups is 1. The fourth-order valence-electron chi connectivity index (χ4n) is 1.32. The first-order chi connectivity index (χ1) is 6.16. The molecule has 0 aliphatic heterocycles. The van der Waals surface area contributed by atoms with Gasteiger partial charge in [-0.25, -0.2) is 0 Å². The largest absolute Gasteiger partial charge is 0.415 e. The molecule has 0 aliphatic carbocycles. The third-order valence-electron chi connectivity index (χ3n) is 2.09. The second-order valence-corrected chi connectivity index (χ2v) is 3.94. The first-order valence-electron chi connectivity index (χ1n) is 4.66. The number of nitrogens with zero attached hydrogens (tertiary/aromatic N) is 1. The maximum Gasteiger partial charge on any atom is 0.415 e. The summed E-state index contributed by atoms with van der Waals surface area (Å²) in [6, 6.07) is -0.0148. The summed E-state index contributed by atoms with van der Waals surface area (Å²) in [4.78, 5) is 1.61. The minimum atomic E-state index is -4.53. The third kappa shape index (κ3) is 4.28. The monoisotopic (exact) mass is 213 g/mol. The number of hydrogen-bond donors (Lipinski definition) is 1. The van der Waals surface area contributed by atoms with Gasteiger partial charge in [-0.1, -0.05) is 0 Å². The van der Waals surface area contributed by atoms with Crippen molar-refractivity contribution in [3.8, 4) is 0 Å².